The molecule has 1 fully saturated rings. The Labute approximate surface area is 165 Å². The number of hydrogen-bond acceptors (Lipinski definition) is 7. The summed E-state index contributed by atoms with van der Waals surface area (Å²) in [6.45, 7) is 8.26. The van der Waals surface area contributed by atoms with Gasteiger partial charge in [0.25, 0.3) is 0 Å². The highest BCUT2D eigenvalue weighted by Crippen LogP contribution is 2.27. The van der Waals surface area contributed by atoms with E-state index in [1.165, 1.54) is 11.3 Å². The van der Waals surface area contributed by atoms with Crippen LogP contribution >= 0.6 is 34.4 Å². The molecule has 6 nitrogen and oxygen atoms in total. The summed E-state index contributed by atoms with van der Waals surface area (Å²) in [6, 6.07) is -0.461. The molecule has 1 unspecified atom stereocenters. The lowest BCUT2D eigenvalue weighted by Crippen LogP contribution is -2.45. The van der Waals surface area contributed by atoms with Gasteiger partial charge in [-0.15, -0.1) is 34.4 Å². The second-order valence-corrected chi connectivity index (χ2v) is 10.3. The molecule has 0 spiro atoms. The molecule has 2 aromatic heterocycles. The van der Waals surface area contributed by atoms with E-state index in [2.05, 4.69) is 36.1 Å². The number of aromatic nitrogens is 2. The number of hydrogen-bond donors (Lipinski definition) is 1. The first-order valence-corrected chi connectivity index (χ1v) is 11.1. The van der Waals surface area contributed by atoms with Crippen molar-refractivity contribution in [1.82, 2.24) is 14.9 Å². The van der Waals surface area contributed by atoms with E-state index >= 15 is 0 Å². The summed E-state index contributed by atoms with van der Waals surface area (Å²) in [5, 5.41) is 6.36. The Kier molecular flexibility index (Phi) is 5.69. The normalized spacial score (nSPS) is 17.5. The molecular formula is C17H22N4O2S3. The van der Waals surface area contributed by atoms with Crippen molar-refractivity contribution in [1.29, 1.82) is 0 Å². The van der Waals surface area contributed by atoms with Gasteiger partial charge in [-0.2, -0.15) is 0 Å². The summed E-state index contributed by atoms with van der Waals surface area (Å²) in [5.41, 5.74) is 0.750. The maximum absolute atomic E-state index is 12.7. The van der Waals surface area contributed by atoms with E-state index in [1.807, 2.05) is 12.3 Å². The number of nitrogens with zero attached hydrogens (tertiary/aromatic N) is 3. The third-order valence-corrected chi connectivity index (χ3v) is 7.04. The highest BCUT2D eigenvalue weighted by molar-refractivity contribution is 7.99. The van der Waals surface area contributed by atoms with E-state index in [9.17, 15) is 9.59 Å². The van der Waals surface area contributed by atoms with Crippen molar-refractivity contribution >= 4 is 51.4 Å². The van der Waals surface area contributed by atoms with Crippen LogP contribution in [-0.2, 0) is 21.4 Å². The van der Waals surface area contributed by atoms with Crippen LogP contribution in [0, 0.1) is 6.92 Å². The van der Waals surface area contributed by atoms with E-state index in [0.29, 0.717) is 16.8 Å². The molecule has 3 rings (SSSR count). The molecule has 2 aromatic rings. The lowest BCUT2D eigenvalue weighted by atomic mass is 9.98. The van der Waals surface area contributed by atoms with Gasteiger partial charge in [0.2, 0.25) is 11.8 Å². The van der Waals surface area contributed by atoms with Gasteiger partial charge in [-0.1, -0.05) is 20.8 Å². The van der Waals surface area contributed by atoms with Crippen LogP contribution in [0.25, 0.3) is 0 Å². The van der Waals surface area contributed by atoms with Gasteiger partial charge < -0.3 is 10.2 Å². The van der Waals surface area contributed by atoms with Crippen molar-refractivity contribution in [2.24, 2.45) is 0 Å². The highest BCUT2D eigenvalue weighted by Gasteiger charge is 2.35. The third kappa shape index (κ3) is 4.44. The largest absolute Gasteiger partial charge is 0.320 e. The first-order chi connectivity index (χ1) is 12.2. The SMILES string of the molecule is Cc1cnc(NC(=O)C2CSCN2C(=O)Cc2csc(C(C)(C)C)n2)s1. The molecule has 1 saturated heterocycles. The summed E-state index contributed by atoms with van der Waals surface area (Å²) < 4.78 is 0. The van der Waals surface area contributed by atoms with Gasteiger partial charge in [0.15, 0.2) is 5.13 Å². The topological polar surface area (TPSA) is 75.2 Å². The number of thiazole rings is 2. The molecule has 0 radical (unpaired) electrons. The van der Waals surface area contributed by atoms with Crippen LogP contribution in [0.4, 0.5) is 5.13 Å². The monoisotopic (exact) mass is 410 g/mol. The Bertz CT molecular complexity index is 809. The van der Waals surface area contributed by atoms with Crippen molar-refractivity contribution in [3.8, 4) is 0 Å². The van der Waals surface area contributed by atoms with Crippen LogP contribution in [0.1, 0.15) is 36.3 Å². The number of aryl methyl sites for hydroxylation is 1. The number of thioether (sulfide) groups is 1. The number of rotatable bonds is 4. The van der Waals surface area contributed by atoms with Crippen LogP contribution in [0.15, 0.2) is 11.6 Å². The number of carbonyl (C=O) groups is 2. The molecule has 1 aliphatic rings. The zero-order chi connectivity index (χ0) is 18.9. The Hall–Kier alpha value is -1.45. The Morgan fingerprint density at radius 1 is 1.38 bits per heavy atom. The van der Waals surface area contributed by atoms with Crippen molar-refractivity contribution in [2.45, 2.75) is 45.6 Å². The zero-order valence-electron chi connectivity index (χ0n) is 15.2. The van der Waals surface area contributed by atoms with Gasteiger partial charge in [0, 0.05) is 27.6 Å². The van der Waals surface area contributed by atoms with Crippen molar-refractivity contribution in [2.75, 3.05) is 16.9 Å². The molecule has 1 atom stereocenters. The Balaban J connectivity index is 1.64. The first kappa shape index (κ1) is 19.3. The highest BCUT2D eigenvalue weighted by atomic mass is 32.2. The van der Waals surface area contributed by atoms with Crippen LogP contribution in [0.3, 0.4) is 0 Å². The van der Waals surface area contributed by atoms with Crippen molar-refractivity contribution < 1.29 is 9.59 Å². The number of carbonyl (C=O) groups excluding carboxylic acids is 2. The molecule has 9 heteroatoms. The molecule has 140 valence electrons. The fourth-order valence-electron chi connectivity index (χ4n) is 2.50. The smallest absolute Gasteiger partial charge is 0.249 e. The second kappa shape index (κ2) is 7.66. The van der Waals surface area contributed by atoms with Crippen LogP contribution < -0.4 is 5.32 Å². The minimum absolute atomic E-state index is 0.0241. The van der Waals surface area contributed by atoms with E-state index in [1.54, 1.807) is 34.2 Å². The Morgan fingerprint density at radius 3 is 2.77 bits per heavy atom. The Morgan fingerprint density at radius 2 is 2.15 bits per heavy atom. The number of anilines is 1. The summed E-state index contributed by atoms with van der Waals surface area (Å²) in [7, 11) is 0. The lowest BCUT2D eigenvalue weighted by Gasteiger charge is -2.22. The maximum atomic E-state index is 12.7. The van der Waals surface area contributed by atoms with Crippen LogP contribution in [0.5, 0.6) is 0 Å². The summed E-state index contributed by atoms with van der Waals surface area (Å²) in [4.78, 5) is 36.7. The predicted octanol–water partition coefficient (Wildman–Crippen LogP) is 3.29. The van der Waals surface area contributed by atoms with Gasteiger partial charge in [0.05, 0.1) is 23.0 Å². The number of amides is 2. The zero-order valence-corrected chi connectivity index (χ0v) is 17.7. The van der Waals surface area contributed by atoms with E-state index in [4.69, 9.17) is 0 Å². The minimum Gasteiger partial charge on any atom is -0.320 e. The molecule has 1 aliphatic heterocycles. The van der Waals surface area contributed by atoms with Gasteiger partial charge in [-0.25, -0.2) is 9.97 Å². The molecule has 26 heavy (non-hydrogen) atoms. The second-order valence-electron chi connectivity index (χ2n) is 7.22. The van der Waals surface area contributed by atoms with E-state index < -0.39 is 6.04 Å². The molecular weight excluding hydrogens is 388 g/mol. The molecule has 2 amide bonds. The average Bonchev–Trinajstić information content (AvgIpc) is 3.26. The van der Waals surface area contributed by atoms with Gasteiger partial charge in [-0.3, -0.25) is 9.59 Å². The first-order valence-electron chi connectivity index (χ1n) is 8.29. The molecule has 0 bridgehead atoms. The van der Waals surface area contributed by atoms with Gasteiger partial charge >= 0.3 is 0 Å². The summed E-state index contributed by atoms with van der Waals surface area (Å²) in [5.74, 6) is 0.902. The fraction of sp³-hybridized carbons (Fsp3) is 0.529. The predicted molar refractivity (Wildman–Crippen MR) is 108 cm³/mol. The molecule has 0 saturated carbocycles. The standard InChI is InChI=1S/C17H22N4O2S3/c1-10-6-18-16(26-10)20-14(23)12-8-24-9-21(12)13(22)5-11-7-25-15(19-11)17(2,3)4/h6-7,12H,5,8-9H2,1-4H3,(H,18,20,23). The number of nitrogens with one attached hydrogen (secondary N) is 1. The lowest BCUT2D eigenvalue weighted by molar-refractivity contribution is -0.135. The molecule has 3 heterocycles. The molecule has 0 aliphatic carbocycles. The average molecular weight is 411 g/mol. The van der Waals surface area contributed by atoms with Crippen LogP contribution in [0.2, 0.25) is 0 Å². The quantitative estimate of drug-likeness (QED) is 0.837. The fourth-order valence-corrected chi connectivity index (χ4v) is 5.25. The van der Waals surface area contributed by atoms with Crippen molar-refractivity contribution in [3.63, 3.8) is 0 Å². The minimum atomic E-state index is -0.461. The molecule has 0 aromatic carbocycles. The molecule has 1 N–H and O–H groups in total. The summed E-state index contributed by atoms with van der Waals surface area (Å²) in [6.07, 6.45) is 1.95. The third-order valence-electron chi connectivity index (χ3n) is 3.88. The van der Waals surface area contributed by atoms with Crippen molar-refractivity contribution in [3.05, 3.63) is 27.2 Å². The van der Waals surface area contributed by atoms with Gasteiger partial charge in [-0.05, 0) is 6.92 Å². The van der Waals surface area contributed by atoms with E-state index in [-0.39, 0.29) is 23.7 Å². The van der Waals surface area contributed by atoms with Gasteiger partial charge in [0.1, 0.15) is 6.04 Å². The maximum Gasteiger partial charge on any atom is 0.249 e. The summed E-state index contributed by atoms with van der Waals surface area (Å²) >= 11 is 4.60. The van der Waals surface area contributed by atoms with Crippen LogP contribution in [-0.4, -0.2) is 44.4 Å². The van der Waals surface area contributed by atoms with E-state index in [0.717, 1.165) is 15.6 Å².